The van der Waals surface area contributed by atoms with Crippen molar-refractivity contribution in [3.63, 3.8) is 0 Å². The number of hydrogen-bond acceptors (Lipinski definition) is 4. The Bertz CT molecular complexity index is 710. The van der Waals surface area contributed by atoms with Crippen LogP contribution in [0.2, 0.25) is 0 Å². The molecular weight excluding hydrogens is 352 g/mol. The molecule has 1 aromatic heterocycles. The quantitative estimate of drug-likeness (QED) is 0.365. The van der Waals surface area contributed by atoms with E-state index in [2.05, 4.69) is 70.1 Å². The monoisotopic (exact) mass is 386 g/mol. The van der Waals surface area contributed by atoms with Crippen molar-refractivity contribution in [3.8, 4) is 0 Å². The summed E-state index contributed by atoms with van der Waals surface area (Å²) >= 11 is 0. The van der Waals surface area contributed by atoms with Crippen molar-refractivity contribution < 1.29 is 4.74 Å². The van der Waals surface area contributed by atoms with Crippen molar-refractivity contribution in [2.75, 3.05) is 33.9 Å². The van der Waals surface area contributed by atoms with Crippen molar-refractivity contribution in [2.24, 2.45) is 4.99 Å². The number of ether oxygens (including phenoxy) is 1. The molecule has 0 aliphatic heterocycles. The van der Waals surface area contributed by atoms with Gasteiger partial charge in [-0.15, -0.1) is 10.2 Å². The minimum absolute atomic E-state index is 0.722. The van der Waals surface area contributed by atoms with Crippen molar-refractivity contribution >= 4 is 5.96 Å². The van der Waals surface area contributed by atoms with Crippen LogP contribution in [0.3, 0.4) is 0 Å². The zero-order chi connectivity index (χ0) is 20.2. The summed E-state index contributed by atoms with van der Waals surface area (Å²) in [4.78, 5) is 6.93. The fraction of sp³-hybridized carbons (Fsp3) is 0.571. The molecule has 0 unspecified atom stereocenters. The van der Waals surface area contributed by atoms with E-state index in [1.807, 2.05) is 0 Å². The van der Waals surface area contributed by atoms with Gasteiger partial charge < -0.3 is 19.5 Å². The molecule has 0 radical (unpaired) electrons. The third kappa shape index (κ3) is 6.96. The van der Waals surface area contributed by atoms with Crippen LogP contribution in [0.5, 0.6) is 0 Å². The molecule has 0 aliphatic carbocycles. The average molecular weight is 387 g/mol. The second-order valence-corrected chi connectivity index (χ2v) is 6.80. The molecule has 0 fully saturated rings. The lowest BCUT2D eigenvalue weighted by Gasteiger charge is -2.23. The number of aryl methyl sites for hydroxylation is 2. The highest BCUT2D eigenvalue weighted by atomic mass is 16.5. The van der Waals surface area contributed by atoms with Crippen LogP contribution in [0.25, 0.3) is 0 Å². The summed E-state index contributed by atoms with van der Waals surface area (Å²) in [5, 5.41) is 11.6. The second-order valence-electron chi connectivity index (χ2n) is 6.80. The van der Waals surface area contributed by atoms with Crippen LogP contribution in [0.1, 0.15) is 37.2 Å². The van der Waals surface area contributed by atoms with Gasteiger partial charge in [0.1, 0.15) is 12.2 Å². The highest BCUT2D eigenvalue weighted by molar-refractivity contribution is 5.79. The fourth-order valence-corrected chi connectivity index (χ4v) is 2.96. The average Bonchev–Trinajstić information content (AvgIpc) is 3.17. The highest BCUT2D eigenvalue weighted by Crippen LogP contribution is 2.07. The fourth-order valence-electron chi connectivity index (χ4n) is 2.96. The lowest BCUT2D eigenvalue weighted by atomic mass is 10.1. The first kappa shape index (κ1) is 21.9. The van der Waals surface area contributed by atoms with Gasteiger partial charge in [0.05, 0.1) is 0 Å². The number of nitrogens with one attached hydrogen (secondary N) is 1. The van der Waals surface area contributed by atoms with E-state index in [0.717, 1.165) is 63.8 Å². The molecule has 0 bridgehead atoms. The summed E-state index contributed by atoms with van der Waals surface area (Å²) in [7, 11) is 3.80. The van der Waals surface area contributed by atoms with E-state index >= 15 is 0 Å². The van der Waals surface area contributed by atoms with Crippen molar-refractivity contribution in [1.82, 2.24) is 25.0 Å². The first-order valence-corrected chi connectivity index (χ1v) is 10.1. The molecule has 0 saturated carbocycles. The Labute approximate surface area is 168 Å². The third-order valence-corrected chi connectivity index (χ3v) is 4.63. The van der Waals surface area contributed by atoms with Crippen LogP contribution in [0.15, 0.2) is 35.6 Å². The summed E-state index contributed by atoms with van der Waals surface area (Å²) in [6.07, 6.45) is 4.64. The number of aliphatic imine (C=N–C) groups is 1. The lowest BCUT2D eigenvalue weighted by molar-refractivity contribution is 0.197. The SMILES string of the molecule is CCc1ccc(CN(C)C(=NCCCOC)NCCn2cnnc2CC)cc1. The Balaban J connectivity index is 1.96. The van der Waals surface area contributed by atoms with Gasteiger partial charge in [-0.3, -0.25) is 4.99 Å². The van der Waals surface area contributed by atoms with E-state index in [9.17, 15) is 0 Å². The summed E-state index contributed by atoms with van der Waals surface area (Å²) in [5.41, 5.74) is 2.64. The minimum Gasteiger partial charge on any atom is -0.385 e. The maximum Gasteiger partial charge on any atom is 0.194 e. The number of aromatic nitrogens is 3. The van der Waals surface area contributed by atoms with Crippen LogP contribution in [-0.2, 0) is 30.7 Å². The Morgan fingerprint density at radius 2 is 1.93 bits per heavy atom. The second kappa shape index (κ2) is 12.1. The molecule has 28 heavy (non-hydrogen) atoms. The predicted molar refractivity (Wildman–Crippen MR) is 113 cm³/mol. The summed E-state index contributed by atoms with van der Waals surface area (Å²) in [6.45, 7) is 8.12. The van der Waals surface area contributed by atoms with Crippen LogP contribution in [-0.4, -0.2) is 59.5 Å². The standard InChI is InChI=1S/C21H34N6O/c1-5-18-8-10-19(11-9-18)16-26(3)21(22-12-7-15-28-4)23-13-14-27-17-24-25-20(27)6-2/h8-11,17H,5-7,12-16H2,1-4H3,(H,22,23). The van der Waals surface area contributed by atoms with Gasteiger partial charge in [0.15, 0.2) is 5.96 Å². The molecule has 1 heterocycles. The van der Waals surface area contributed by atoms with E-state index in [4.69, 9.17) is 9.73 Å². The topological polar surface area (TPSA) is 67.6 Å². The summed E-state index contributed by atoms with van der Waals surface area (Å²) in [6, 6.07) is 8.79. The molecule has 1 aromatic carbocycles. The zero-order valence-electron chi connectivity index (χ0n) is 17.7. The van der Waals surface area contributed by atoms with E-state index in [0.29, 0.717) is 0 Å². The first-order valence-electron chi connectivity index (χ1n) is 10.1. The van der Waals surface area contributed by atoms with Crippen LogP contribution in [0, 0.1) is 0 Å². The largest absolute Gasteiger partial charge is 0.385 e. The Kier molecular flexibility index (Phi) is 9.48. The molecular formula is C21H34N6O. The lowest BCUT2D eigenvalue weighted by Crippen LogP contribution is -2.40. The number of nitrogens with zero attached hydrogens (tertiary/aromatic N) is 5. The van der Waals surface area contributed by atoms with Crippen molar-refractivity contribution in [1.29, 1.82) is 0 Å². The molecule has 0 spiro atoms. The number of rotatable bonds is 11. The normalized spacial score (nSPS) is 11.6. The zero-order valence-corrected chi connectivity index (χ0v) is 17.7. The van der Waals surface area contributed by atoms with Gasteiger partial charge in [0.2, 0.25) is 0 Å². The van der Waals surface area contributed by atoms with Gasteiger partial charge >= 0.3 is 0 Å². The van der Waals surface area contributed by atoms with E-state index in [-0.39, 0.29) is 0 Å². The molecule has 7 nitrogen and oxygen atoms in total. The van der Waals surface area contributed by atoms with Gasteiger partial charge in [0.25, 0.3) is 0 Å². The molecule has 0 saturated heterocycles. The molecule has 0 aliphatic rings. The first-order chi connectivity index (χ1) is 13.7. The summed E-state index contributed by atoms with van der Waals surface area (Å²) in [5.74, 6) is 1.91. The van der Waals surface area contributed by atoms with Crippen LogP contribution >= 0.6 is 0 Å². The molecule has 0 atom stereocenters. The van der Waals surface area contributed by atoms with Crippen LogP contribution in [0.4, 0.5) is 0 Å². The molecule has 0 amide bonds. The number of methoxy groups -OCH3 is 1. The molecule has 154 valence electrons. The molecule has 2 aromatic rings. The van der Waals surface area contributed by atoms with Crippen LogP contribution < -0.4 is 5.32 Å². The maximum atomic E-state index is 5.14. The number of hydrogen-bond donors (Lipinski definition) is 1. The number of guanidine groups is 1. The minimum atomic E-state index is 0.722. The predicted octanol–water partition coefficient (Wildman–Crippen LogP) is 2.52. The van der Waals surface area contributed by atoms with Crippen molar-refractivity contribution in [2.45, 2.75) is 46.2 Å². The molecule has 2 rings (SSSR count). The Morgan fingerprint density at radius 1 is 1.18 bits per heavy atom. The van der Waals surface area contributed by atoms with E-state index < -0.39 is 0 Å². The van der Waals surface area contributed by atoms with E-state index in [1.54, 1.807) is 13.4 Å². The highest BCUT2D eigenvalue weighted by Gasteiger charge is 2.08. The van der Waals surface area contributed by atoms with Gasteiger partial charge in [-0.05, 0) is 24.0 Å². The molecule has 1 N–H and O–H groups in total. The maximum absolute atomic E-state index is 5.14. The number of benzene rings is 1. The summed E-state index contributed by atoms with van der Waals surface area (Å²) < 4.78 is 7.22. The molecule has 7 heteroatoms. The van der Waals surface area contributed by atoms with Gasteiger partial charge in [-0.2, -0.15) is 0 Å². The van der Waals surface area contributed by atoms with E-state index in [1.165, 1.54) is 11.1 Å². The van der Waals surface area contributed by atoms with Gasteiger partial charge in [-0.1, -0.05) is 38.1 Å². The smallest absolute Gasteiger partial charge is 0.194 e. The van der Waals surface area contributed by atoms with Gasteiger partial charge in [0, 0.05) is 53.4 Å². The van der Waals surface area contributed by atoms with Gasteiger partial charge in [-0.25, -0.2) is 0 Å². The Morgan fingerprint density at radius 3 is 2.61 bits per heavy atom. The van der Waals surface area contributed by atoms with Crippen molar-refractivity contribution in [3.05, 3.63) is 47.5 Å². The Hall–Kier alpha value is -2.41. The third-order valence-electron chi connectivity index (χ3n) is 4.63.